The molecular formula is C16H24N2O3. The van der Waals surface area contributed by atoms with Crippen LogP contribution in [0.2, 0.25) is 0 Å². The van der Waals surface area contributed by atoms with E-state index in [1.54, 1.807) is 7.05 Å². The normalized spacial score (nSPS) is 12.0. The van der Waals surface area contributed by atoms with Crippen molar-refractivity contribution in [3.63, 3.8) is 0 Å². The first kappa shape index (κ1) is 17.0. The van der Waals surface area contributed by atoms with E-state index < -0.39 is 5.97 Å². The number of rotatable bonds is 7. The minimum absolute atomic E-state index is 0.0457. The van der Waals surface area contributed by atoms with Gasteiger partial charge in [0.1, 0.15) is 0 Å². The minimum Gasteiger partial charge on any atom is -0.481 e. The van der Waals surface area contributed by atoms with Crippen LogP contribution >= 0.6 is 0 Å². The molecule has 0 heterocycles. The van der Waals surface area contributed by atoms with Crippen molar-refractivity contribution in [2.45, 2.75) is 26.7 Å². The maximum Gasteiger partial charge on any atom is 0.321 e. The highest BCUT2D eigenvalue weighted by Crippen LogP contribution is 2.15. The van der Waals surface area contributed by atoms with Crippen LogP contribution in [0.25, 0.3) is 0 Å². The Kier molecular flexibility index (Phi) is 6.72. The van der Waals surface area contributed by atoms with Crippen LogP contribution in [0.15, 0.2) is 30.3 Å². The van der Waals surface area contributed by atoms with Gasteiger partial charge in [0, 0.05) is 25.7 Å². The fraction of sp³-hybridized carbons (Fsp3) is 0.500. The summed E-state index contributed by atoms with van der Waals surface area (Å²) in [5.41, 5.74) is 0.800. The first-order valence-electron chi connectivity index (χ1n) is 7.18. The minimum atomic E-state index is -0.827. The Morgan fingerprint density at radius 1 is 1.24 bits per heavy atom. The van der Waals surface area contributed by atoms with E-state index in [2.05, 4.69) is 5.32 Å². The molecule has 0 aliphatic carbocycles. The Morgan fingerprint density at radius 3 is 2.38 bits per heavy atom. The van der Waals surface area contributed by atoms with E-state index in [0.717, 1.165) is 12.1 Å². The van der Waals surface area contributed by atoms with Crippen LogP contribution in [-0.2, 0) is 4.79 Å². The highest BCUT2D eigenvalue weighted by molar-refractivity contribution is 5.91. The number of anilines is 1. The number of para-hydroxylation sites is 1. The van der Waals surface area contributed by atoms with E-state index in [4.69, 9.17) is 5.11 Å². The number of aliphatic carboxylic acids is 1. The molecule has 0 saturated heterocycles. The Balaban J connectivity index is 2.54. The molecule has 1 aromatic rings. The monoisotopic (exact) mass is 292 g/mol. The Hall–Kier alpha value is -2.04. The van der Waals surface area contributed by atoms with Gasteiger partial charge in [0.25, 0.3) is 0 Å². The number of carboxylic acids is 1. The summed E-state index contributed by atoms with van der Waals surface area (Å²) in [6, 6.07) is 9.10. The van der Waals surface area contributed by atoms with Gasteiger partial charge in [-0.15, -0.1) is 0 Å². The van der Waals surface area contributed by atoms with Crippen molar-refractivity contribution < 1.29 is 14.7 Å². The summed E-state index contributed by atoms with van der Waals surface area (Å²) in [4.78, 5) is 24.5. The van der Waals surface area contributed by atoms with E-state index in [-0.39, 0.29) is 18.4 Å². The summed E-state index contributed by atoms with van der Waals surface area (Å²) >= 11 is 0. The lowest BCUT2D eigenvalue weighted by Gasteiger charge is -2.21. The van der Waals surface area contributed by atoms with E-state index in [9.17, 15) is 9.59 Å². The van der Waals surface area contributed by atoms with Crippen LogP contribution < -0.4 is 10.2 Å². The van der Waals surface area contributed by atoms with Crippen LogP contribution in [0.4, 0.5) is 10.5 Å². The van der Waals surface area contributed by atoms with Crippen molar-refractivity contribution in [3.8, 4) is 0 Å². The molecule has 1 aromatic carbocycles. The standard InChI is InChI=1S/C16H24N2O3/c1-12(2)9-13(10-15(19)20)11-17-16(21)18(3)14-7-5-4-6-8-14/h4-8,12-13H,9-11H2,1-3H3,(H,17,21)(H,19,20)/t13-/m0/s1. The zero-order valence-corrected chi connectivity index (χ0v) is 12.9. The zero-order chi connectivity index (χ0) is 15.8. The number of carboxylic acid groups (broad SMARTS) is 1. The number of hydrogen-bond donors (Lipinski definition) is 2. The Morgan fingerprint density at radius 2 is 1.86 bits per heavy atom. The maximum absolute atomic E-state index is 12.1. The molecule has 2 N–H and O–H groups in total. The molecule has 0 fully saturated rings. The molecule has 0 saturated carbocycles. The second-order valence-corrected chi connectivity index (χ2v) is 5.67. The Labute approximate surface area is 126 Å². The molecule has 5 heteroatoms. The predicted molar refractivity (Wildman–Crippen MR) is 83.4 cm³/mol. The Bertz CT molecular complexity index is 460. The lowest BCUT2D eigenvalue weighted by molar-refractivity contribution is -0.138. The van der Waals surface area contributed by atoms with E-state index in [0.29, 0.717) is 12.5 Å². The molecule has 1 atom stereocenters. The average molecular weight is 292 g/mol. The second-order valence-electron chi connectivity index (χ2n) is 5.67. The topological polar surface area (TPSA) is 69.6 Å². The lowest BCUT2D eigenvalue weighted by Crippen LogP contribution is -2.40. The van der Waals surface area contributed by atoms with E-state index >= 15 is 0 Å². The van der Waals surface area contributed by atoms with Crippen molar-refractivity contribution in [2.75, 3.05) is 18.5 Å². The summed E-state index contributed by atoms with van der Waals surface area (Å²) in [5.74, 6) is -0.472. The molecule has 1 rings (SSSR count). The van der Waals surface area contributed by atoms with Gasteiger partial charge in [-0.2, -0.15) is 0 Å². The fourth-order valence-electron chi connectivity index (χ4n) is 2.27. The van der Waals surface area contributed by atoms with Gasteiger partial charge in [-0.25, -0.2) is 4.79 Å². The number of nitrogens with one attached hydrogen (secondary N) is 1. The number of urea groups is 1. The van der Waals surface area contributed by atoms with Crippen LogP contribution in [0.5, 0.6) is 0 Å². The molecule has 0 spiro atoms. The van der Waals surface area contributed by atoms with Gasteiger partial charge in [-0.1, -0.05) is 32.0 Å². The van der Waals surface area contributed by atoms with Gasteiger partial charge in [0.15, 0.2) is 0 Å². The van der Waals surface area contributed by atoms with Crippen molar-refractivity contribution in [3.05, 3.63) is 30.3 Å². The summed E-state index contributed by atoms with van der Waals surface area (Å²) in [6.45, 7) is 4.47. The molecule has 0 aliphatic rings. The quantitative estimate of drug-likeness (QED) is 0.811. The molecule has 5 nitrogen and oxygen atoms in total. The molecule has 0 aromatic heterocycles. The lowest BCUT2D eigenvalue weighted by atomic mass is 9.94. The molecule has 116 valence electrons. The smallest absolute Gasteiger partial charge is 0.321 e. The third kappa shape index (κ3) is 6.29. The van der Waals surface area contributed by atoms with Gasteiger partial charge in [-0.3, -0.25) is 9.69 Å². The molecule has 0 aliphatic heterocycles. The van der Waals surface area contributed by atoms with Crippen molar-refractivity contribution in [1.82, 2.24) is 5.32 Å². The zero-order valence-electron chi connectivity index (χ0n) is 12.9. The highest BCUT2D eigenvalue weighted by Gasteiger charge is 2.17. The molecule has 2 amide bonds. The number of carbonyl (C=O) groups is 2. The summed E-state index contributed by atoms with van der Waals surface area (Å²) in [6.07, 6.45) is 0.856. The van der Waals surface area contributed by atoms with Gasteiger partial charge < -0.3 is 10.4 Å². The van der Waals surface area contributed by atoms with Gasteiger partial charge >= 0.3 is 12.0 Å². The van der Waals surface area contributed by atoms with Gasteiger partial charge in [-0.05, 0) is 30.4 Å². The maximum atomic E-state index is 12.1. The molecule has 0 bridgehead atoms. The van der Waals surface area contributed by atoms with Gasteiger partial charge in [0.05, 0.1) is 0 Å². The molecular weight excluding hydrogens is 268 g/mol. The number of carbonyl (C=O) groups excluding carboxylic acids is 1. The summed E-state index contributed by atoms with van der Waals surface area (Å²) in [7, 11) is 1.69. The van der Waals surface area contributed by atoms with Crippen LogP contribution in [-0.4, -0.2) is 30.7 Å². The first-order valence-corrected chi connectivity index (χ1v) is 7.18. The summed E-state index contributed by atoms with van der Waals surface area (Å²) in [5, 5.41) is 11.7. The predicted octanol–water partition coefficient (Wildman–Crippen LogP) is 2.97. The van der Waals surface area contributed by atoms with Crippen molar-refractivity contribution >= 4 is 17.7 Å². The van der Waals surface area contributed by atoms with Crippen molar-refractivity contribution in [1.29, 1.82) is 0 Å². The number of hydrogen-bond acceptors (Lipinski definition) is 2. The average Bonchev–Trinajstić information content (AvgIpc) is 2.43. The number of amides is 2. The van der Waals surface area contributed by atoms with E-state index in [1.165, 1.54) is 4.90 Å². The van der Waals surface area contributed by atoms with Gasteiger partial charge in [0.2, 0.25) is 0 Å². The third-order valence-corrected chi connectivity index (χ3v) is 3.26. The van der Waals surface area contributed by atoms with Crippen molar-refractivity contribution in [2.24, 2.45) is 11.8 Å². The molecule has 0 unspecified atom stereocenters. The SMILES string of the molecule is CC(C)C[C@H](CNC(=O)N(C)c1ccccc1)CC(=O)O. The largest absolute Gasteiger partial charge is 0.481 e. The first-order chi connectivity index (χ1) is 9.90. The fourth-order valence-corrected chi connectivity index (χ4v) is 2.27. The molecule has 0 radical (unpaired) electrons. The highest BCUT2D eigenvalue weighted by atomic mass is 16.4. The van der Waals surface area contributed by atoms with Crippen LogP contribution in [0.3, 0.4) is 0 Å². The second kappa shape index (κ2) is 8.29. The van der Waals surface area contributed by atoms with Crippen LogP contribution in [0, 0.1) is 11.8 Å². The van der Waals surface area contributed by atoms with E-state index in [1.807, 2.05) is 44.2 Å². The summed E-state index contributed by atoms with van der Waals surface area (Å²) < 4.78 is 0. The third-order valence-electron chi connectivity index (χ3n) is 3.26. The molecule has 21 heavy (non-hydrogen) atoms. The number of nitrogens with zero attached hydrogens (tertiary/aromatic N) is 1. The number of benzene rings is 1. The van der Waals surface area contributed by atoms with Crippen LogP contribution in [0.1, 0.15) is 26.7 Å².